The molecule has 144 valence electrons. The van der Waals surface area contributed by atoms with Crippen molar-refractivity contribution in [1.29, 1.82) is 0 Å². The number of allylic oxidation sites excluding steroid dienone is 2. The van der Waals surface area contributed by atoms with Crippen molar-refractivity contribution >= 4 is 21.6 Å². The van der Waals surface area contributed by atoms with Crippen molar-refractivity contribution in [2.45, 2.75) is 10.3 Å². The summed E-state index contributed by atoms with van der Waals surface area (Å²) in [6.45, 7) is 3.67. The van der Waals surface area contributed by atoms with Crippen molar-refractivity contribution in [2.75, 3.05) is 33.3 Å². The number of piperazine rings is 1. The molecule has 0 radical (unpaired) electrons. The van der Waals surface area contributed by atoms with Crippen LogP contribution in [-0.4, -0.2) is 56.3 Å². The van der Waals surface area contributed by atoms with Gasteiger partial charge in [0, 0.05) is 37.3 Å². The Morgan fingerprint density at radius 1 is 1.30 bits per heavy atom. The molecule has 1 unspecified atom stereocenters. The lowest BCUT2D eigenvalue weighted by Crippen LogP contribution is -2.50. The van der Waals surface area contributed by atoms with E-state index in [9.17, 15) is 8.42 Å². The standard InChI is InChI=1S/C19H23N3O3S2/c1-25-16-5-2-4-15(12-16)14-27(23,24)19-13-17-18(26-19)6-3-9-22(17)21-10-7-20-8-11-21/h2-6,9,12-13,19-20H,7-8,10-11,14H2,1H3. The van der Waals surface area contributed by atoms with Crippen LogP contribution < -0.4 is 10.1 Å². The average molecular weight is 406 g/mol. The summed E-state index contributed by atoms with van der Waals surface area (Å²) in [4.78, 5) is 1.01. The lowest BCUT2D eigenvalue weighted by Gasteiger charge is -2.38. The largest absolute Gasteiger partial charge is 0.497 e. The Kier molecular flexibility index (Phi) is 5.32. The zero-order chi connectivity index (χ0) is 18.9. The summed E-state index contributed by atoms with van der Waals surface area (Å²) in [7, 11) is -1.76. The smallest absolute Gasteiger partial charge is 0.170 e. The highest BCUT2D eigenvalue weighted by atomic mass is 32.3. The molecule has 0 bridgehead atoms. The SMILES string of the molecule is COc1cccc(CS(=O)(=O)C2C=C3C(=CC=CN3N3CCNCC3)S2)c1. The highest BCUT2D eigenvalue weighted by molar-refractivity contribution is 8.16. The minimum Gasteiger partial charge on any atom is -0.497 e. The maximum atomic E-state index is 13.0. The van der Waals surface area contributed by atoms with Gasteiger partial charge in [-0.25, -0.2) is 13.4 Å². The highest BCUT2D eigenvalue weighted by Crippen LogP contribution is 2.44. The van der Waals surface area contributed by atoms with Crippen LogP contribution in [0.4, 0.5) is 0 Å². The van der Waals surface area contributed by atoms with Crippen LogP contribution in [0, 0.1) is 0 Å². The number of rotatable bonds is 5. The van der Waals surface area contributed by atoms with Crippen LogP contribution >= 0.6 is 11.8 Å². The zero-order valence-corrected chi connectivity index (χ0v) is 16.8. The van der Waals surface area contributed by atoms with E-state index < -0.39 is 14.4 Å². The Bertz CT molecular complexity index is 903. The highest BCUT2D eigenvalue weighted by Gasteiger charge is 2.36. The average Bonchev–Trinajstić information content (AvgIpc) is 3.14. The second-order valence-electron chi connectivity index (χ2n) is 6.62. The molecule has 27 heavy (non-hydrogen) atoms. The van der Waals surface area contributed by atoms with Crippen LogP contribution in [0.5, 0.6) is 5.75 Å². The van der Waals surface area contributed by atoms with Crippen molar-refractivity contribution in [1.82, 2.24) is 15.3 Å². The Morgan fingerprint density at radius 3 is 2.89 bits per heavy atom. The normalized spacial score (nSPS) is 23.0. The minimum absolute atomic E-state index is 0.0000104. The van der Waals surface area contributed by atoms with Crippen molar-refractivity contribution in [3.8, 4) is 5.75 Å². The van der Waals surface area contributed by atoms with Gasteiger partial charge in [0.05, 0.1) is 18.6 Å². The fourth-order valence-corrected chi connectivity index (χ4v) is 6.54. The number of methoxy groups -OCH3 is 1. The number of hydrogen-bond acceptors (Lipinski definition) is 7. The van der Waals surface area contributed by atoms with Gasteiger partial charge in [-0.05, 0) is 35.9 Å². The van der Waals surface area contributed by atoms with E-state index >= 15 is 0 Å². The van der Waals surface area contributed by atoms with E-state index in [1.807, 2.05) is 42.6 Å². The molecule has 3 aliphatic rings. The van der Waals surface area contributed by atoms with Gasteiger partial charge in [0.2, 0.25) is 0 Å². The van der Waals surface area contributed by atoms with Gasteiger partial charge in [-0.3, -0.25) is 5.01 Å². The molecule has 1 aromatic rings. The Labute approximate surface area is 164 Å². The second kappa shape index (κ2) is 7.71. The van der Waals surface area contributed by atoms with Crippen molar-refractivity contribution in [2.24, 2.45) is 0 Å². The molecular weight excluding hydrogens is 382 g/mol. The van der Waals surface area contributed by atoms with E-state index in [1.54, 1.807) is 13.2 Å². The zero-order valence-electron chi connectivity index (χ0n) is 15.2. The molecule has 8 heteroatoms. The Hall–Kier alpha value is -1.74. The molecule has 6 nitrogen and oxygen atoms in total. The molecule has 1 N–H and O–H groups in total. The predicted molar refractivity (Wildman–Crippen MR) is 109 cm³/mol. The molecular formula is C19H23N3O3S2. The maximum absolute atomic E-state index is 13.0. The van der Waals surface area contributed by atoms with Gasteiger partial charge in [-0.1, -0.05) is 23.9 Å². The lowest BCUT2D eigenvalue weighted by molar-refractivity contribution is 0.0441. The van der Waals surface area contributed by atoms with Gasteiger partial charge in [-0.15, -0.1) is 0 Å². The first-order valence-corrected chi connectivity index (χ1v) is 11.5. The lowest BCUT2D eigenvalue weighted by atomic mass is 10.2. The van der Waals surface area contributed by atoms with Gasteiger partial charge >= 0.3 is 0 Å². The predicted octanol–water partition coefficient (Wildman–Crippen LogP) is 2.10. The number of hydrazine groups is 1. The van der Waals surface area contributed by atoms with E-state index in [0.717, 1.165) is 42.3 Å². The maximum Gasteiger partial charge on any atom is 0.170 e. The van der Waals surface area contributed by atoms with Crippen LogP contribution in [0.25, 0.3) is 0 Å². The van der Waals surface area contributed by atoms with Crippen molar-refractivity contribution in [3.05, 3.63) is 64.9 Å². The first-order chi connectivity index (χ1) is 13.1. The minimum atomic E-state index is -3.35. The quantitative estimate of drug-likeness (QED) is 0.805. The van der Waals surface area contributed by atoms with Crippen LogP contribution in [0.2, 0.25) is 0 Å². The molecule has 0 aromatic heterocycles. The second-order valence-corrected chi connectivity index (χ2v) is 10.2. The molecule has 0 spiro atoms. The molecule has 4 rings (SSSR count). The molecule has 3 heterocycles. The molecule has 1 saturated heterocycles. The van der Waals surface area contributed by atoms with Gasteiger partial charge in [0.15, 0.2) is 9.84 Å². The number of nitrogens with zero attached hydrogens (tertiary/aromatic N) is 2. The summed E-state index contributed by atoms with van der Waals surface area (Å²) >= 11 is 1.41. The first-order valence-electron chi connectivity index (χ1n) is 8.93. The Morgan fingerprint density at radius 2 is 2.11 bits per heavy atom. The third-order valence-electron chi connectivity index (χ3n) is 4.77. The van der Waals surface area contributed by atoms with E-state index in [-0.39, 0.29) is 5.75 Å². The summed E-state index contributed by atoms with van der Waals surface area (Å²) in [5.41, 5.74) is 1.72. The molecule has 3 aliphatic heterocycles. The number of sulfone groups is 1. The number of benzene rings is 1. The molecule has 1 aromatic carbocycles. The fourth-order valence-electron chi connectivity index (χ4n) is 3.41. The van der Waals surface area contributed by atoms with Crippen LogP contribution in [0.3, 0.4) is 0 Å². The summed E-state index contributed by atoms with van der Waals surface area (Å²) in [6.07, 6.45) is 7.88. The first kappa shape index (κ1) is 18.6. The van der Waals surface area contributed by atoms with Crippen molar-refractivity contribution in [3.63, 3.8) is 0 Å². The van der Waals surface area contributed by atoms with Crippen LogP contribution in [-0.2, 0) is 15.6 Å². The van der Waals surface area contributed by atoms with Gasteiger partial charge in [-0.2, -0.15) is 0 Å². The number of nitrogens with one attached hydrogen (secondary N) is 1. The fraction of sp³-hybridized carbons (Fsp3) is 0.368. The van der Waals surface area contributed by atoms with Gasteiger partial charge in [0.1, 0.15) is 10.3 Å². The summed E-state index contributed by atoms with van der Waals surface area (Å²) in [5.74, 6) is 0.672. The van der Waals surface area contributed by atoms with Crippen molar-refractivity contribution < 1.29 is 13.2 Å². The topological polar surface area (TPSA) is 61.9 Å². The summed E-state index contributed by atoms with van der Waals surface area (Å²) in [6, 6.07) is 7.25. The summed E-state index contributed by atoms with van der Waals surface area (Å²) in [5, 5.41) is 7.70. The monoisotopic (exact) mass is 405 g/mol. The molecule has 0 aliphatic carbocycles. The van der Waals surface area contributed by atoms with Gasteiger partial charge in [0.25, 0.3) is 0 Å². The number of thioether (sulfide) groups is 1. The Balaban J connectivity index is 1.55. The van der Waals surface area contributed by atoms with E-state index in [1.165, 1.54) is 11.8 Å². The number of fused-ring (bicyclic) bond motifs is 1. The third kappa shape index (κ3) is 3.94. The third-order valence-corrected chi connectivity index (χ3v) is 8.48. The number of hydrogen-bond donors (Lipinski definition) is 1. The molecule has 0 saturated carbocycles. The van der Waals surface area contributed by atoms with Gasteiger partial charge < -0.3 is 10.1 Å². The molecule has 1 fully saturated rings. The van der Waals surface area contributed by atoms with E-state index in [2.05, 4.69) is 15.3 Å². The van der Waals surface area contributed by atoms with E-state index in [0.29, 0.717) is 5.75 Å². The van der Waals surface area contributed by atoms with Crippen LogP contribution in [0.1, 0.15) is 5.56 Å². The van der Waals surface area contributed by atoms with Crippen LogP contribution in [0.15, 0.2) is 59.3 Å². The van der Waals surface area contributed by atoms with E-state index in [4.69, 9.17) is 4.74 Å². The number of ether oxygens (including phenoxy) is 1. The molecule has 0 amide bonds. The molecule has 1 atom stereocenters. The summed E-state index contributed by atoms with van der Waals surface area (Å²) < 4.78 is 30.7.